The average Bonchev–Trinajstić information content (AvgIpc) is 2.91. The highest BCUT2D eigenvalue weighted by atomic mass is 79.9. The van der Waals surface area contributed by atoms with E-state index in [4.69, 9.17) is 0 Å². The number of nitrogens with one attached hydrogen (secondary N) is 1. The standard InChI is InChI=1S/C17H22BrNS/c1-4-12(2)16(13-8-6-5-7-9-13)17(19-3)14-10-11-15(18)20-14/h5-12,16-17,19H,4H2,1-3H3. The molecule has 108 valence electrons. The van der Waals surface area contributed by atoms with Gasteiger partial charge in [-0.15, -0.1) is 11.3 Å². The molecule has 0 amide bonds. The van der Waals surface area contributed by atoms with Crippen LogP contribution in [0.2, 0.25) is 0 Å². The van der Waals surface area contributed by atoms with E-state index in [0.717, 1.165) is 0 Å². The van der Waals surface area contributed by atoms with Gasteiger partial charge in [-0.1, -0.05) is 50.6 Å². The lowest BCUT2D eigenvalue weighted by Gasteiger charge is -2.31. The van der Waals surface area contributed by atoms with Crippen molar-refractivity contribution in [1.29, 1.82) is 0 Å². The third-order valence-corrected chi connectivity index (χ3v) is 5.72. The Bertz CT molecular complexity index is 523. The minimum atomic E-state index is 0.364. The second kappa shape index (κ2) is 7.39. The van der Waals surface area contributed by atoms with Crippen molar-refractivity contribution in [1.82, 2.24) is 5.32 Å². The Morgan fingerprint density at radius 1 is 1.15 bits per heavy atom. The van der Waals surface area contributed by atoms with Crippen LogP contribution in [0.3, 0.4) is 0 Å². The molecule has 1 heterocycles. The van der Waals surface area contributed by atoms with Crippen LogP contribution >= 0.6 is 27.3 Å². The van der Waals surface area contributed by atoms with Crippen molar-refractivity contribution in [3.8, 4) is 0 Å². The van der Waals surface area contributed by atoms with E-state index in [-0.39, 0.29) is 0 Å². The van der Waals surface area contributed by atoms with Crippen LogP contribution in [0.1, 0.15) is 42.7 Å². The van der Waals surface area contributed by atoms with Crippen molar-refractivity contribution in [3.63, 3.8) is 0 Å². The molecule has 0 bridgehead atoms. The van der Waals surface area contributed by atoms with Gasteiger partial charge in [0, 0.05) is 16.8 Å². The molecule has 20 heavy (non-hydrogen) atoms. The van der Waals surface area contributed by atoms with Crippen molar-refractivity contribution in [3.05, 3.63) is 56.7 Å². The summed E-state index contributed by atoms with van der Waals surface area (Å²) in [6, 6.07) is 15.6. The summed E-state index contributed by atoms with van der Waals surface area (Å²) in [5, 5.41) is 3.54. The highest BCUT2D eigenvalue weighted by Gasteiger charge is 2.28. The minimum Gasteiger partial charge on any atom is -0.312 e. The number of benzene rings is 1. The molecule has 0 aliphatic rings. The van der Waals surface area contributed by atoms with Gasteiger partial charge in [-0.25, -0.2) is 0 Å². The molecule has 2 aromatic rings. The minimum absolute atomic E-state index is 0.364. The first-order chi connectivity index (χ1) is 9.67. The fraction of sp³-hybridized carbons (Fsp3) is 0.412. The molecule has 3 atom stereocenters. The van der Waals surface area contributed by atoms with Crippen LogP contribution in [-0.4, -0.2) is 7.05 Å². The zero-order valence-electron chi connectivity index (χ0n) is 12.3. The average molecular weight is 352 g/mol. The van der Waals surface area contributed by atoms with E-state index in [2.05, 4.69) is 84.6 Å². The van der Waals surface area contributed by atoms with Crippen molar-refractivity contribution in [2.45, 2.75) is 32.2 Å². The summed E-state index contributed by atoms with van der Waals surface area (Å²) in [6.07, 6.45) is 1.18. The molecule has 0 saturated heterocycles. The molecular weight excluding hydrogens is 330 g/mol. The molecule has 0 radical (unpaired) electrons. The first kappa shape index (κ1) is 15.7. The fourth-order valence-corrected chi connectivity index (χ4v) is 4.35. The van der Waals surface area contributed by atoms with E-state index in [9.17, 15) is 0 Å². The Morgan fingerprint density at radius 2 is 1.85 bits per heavy atom. The smallest absolute Gasteiger partial charge is 0.0701 e. The third-order valence-electron chi connectivity index (χ3n) is 4.01. The monoisotopic (exact) mass is 351 g/mol. The zero-order valence-corrected chi connectivity index (χ0v) is 14.7. The maximum absolute atomic E-state index is 3.58. The van der Waals surface area contributed by atoms with Gasteiger partial charge in [-0.05, 0) is 46.6 Å². The fourth-order valence-electron chi connectivity index (χ4n) is 2.77. The Labute approximate surface area is 134 Å². The molecular formula is C17H22BrNS. The van der Waals surface area contributed by atoms with Gasteiger partial charge in [0.1, 0.15) is 0 Å². The third kappa shape index (κ3) is 3.51. The SMILES string of the molecule is CCC(C)C(c1ccccc1)C(NC)c1ccc(Br)s1. The van der Waals surface area contributed by atoms with Crippen LogP contribution < -0.4 is 5.32 Å². The first-order valence-corrected chi connectivity index (χ1v) is 8.75. The summed E-state index contributed by atoms with van der Waals surface area (Å²) in [7, 11) is 2.07. The highest BCUT2D eigenvalue weighted by molar-refractivity contribution is 9.11. The maximum Gasteiger partial charge on any atom is 0.0701 e. The maximum atomic E-state index is 3.58. The summed E-state index contributed by atoms with van der Waals surface area (Å²) in [5.41, 5.74) is 1.42. The van der Waals surface area contributed by atoms with Crippen LogP contribution in [0, 0.1) is 5.92 Å². The lowest BCUT2D eigenvalue weighted by atomic mass is 9.79. The molecule has 1 aromatic heterocycles. The van der Waals surface area contributed by atoms with Gasteiger partial charge in [-0.2, -0.15) is 0 Å². The Kier molecular flexibility index (Phi) is 5.82. The van der Waals surface area contributed by atoms with Crippen molar-refractivity contribution in [2.75, 3.05) is 7.05 Å². The molecule has 0 aliphatic carbocycles. The van der Waals surface area contributed by atoms with E-state index in [0.29, 0.717) is 17.9 Å². The molecule has 0 saturated carbocycles. The molecule has 0 fully saturated rings. The van der Waals surface area contributed by atoms with Crippen molar-refractivity contribution in [2.24, 2.45) is 5.92 Å². The molecule has 0 spiro atoms. The van der Waals surface area contributed by atoms with Gasteiger partial charge in [0.25, 0.3) is 0 Å². The molecule has 1 N–H and O–H groups in total. The summed E-state index contributed by atoms with van der Waals surface area (Å²) < 4.78 is 1.20. The zero-order chi connectivity index (χ0) is 14.5. The van der Waals surface area contributed by atoms with Gasteiger partial charge >= 0.3 is 0 Å². The quantitative estimate of drug-likeness (QED) is 0.713. The normalized spacial score (nSPS) is 15.8. The molecule has 1 aromatic carbocycles. The molecule has 2 rings (SSSR count). The predicted octanol–water partition coefficient (Wildman–Crippen LogP) is 5.60. The van der Waals surface area contributed by atoms with E-state index >= 15 is 0 Å². The van der Waals surface area contributed by atoms with Crippen LogP contribution in [0.25, 0.3) is 0 Å². The number of hydrogen-bond acceptors (Lipinski definition) is 2. The van der Waals surface area contributed by atoms with Gasteiger partial charge in [0.15, 0.2) is 0 Å². The second-order valence-corrected chi connectivity index (χ2v) is 7.72. The number of thiophene rings is 1. The molecule has 0 aliphatic heterocycles. The van der Waals surface area contributed by atoms with E-state index < -0.39 is 0 Å². The molecule has 3 heteroatoms. The van der Waals surface area contributed by atoms with Crippen LogP contribution in [0.4, 0.5) is 0 Å². The molecule has 1 nitrogen and oxygen atoms in total. The number of halogens is 1. The Morgan fingerprint density at radius 3 is 2.35 bits per heavy atom. The van der Waals surface area contributed by atoms with E-state index in [1.165, 1.54) is 20.6 Å². The lowest BCUT2D eigenvalue weighted by Crippen LogP contribution is -2.27. The van der Waals surface area contributed by atoms with Crippen LogP contribution in [-0.2, 0) is 0 Å². The first-order valence-electron chi connectivity index (χ1n) is 7.14. The summed E-state index contributed by atoms with van der Waals surface area (Å²) >= 11 is 5.41. The van der Waals surface area contributed by atoms with Crippen molar-refractivity contribution < 1.29 is 0 Å². The van der Waals surface area contributed by atoms with Crippen molar-refractivity contribution >= 4 is 27.3 Å². The van der Waals surface area contributed by atoms with Crippen LogP contribution in [0.15, 0.2) is 46.3 Å². The van der Waals surface area contributed by atoms with E-state index in [1.54, 1.807) is 0 Å². The number of rotatable bonds is 6. The summed E-state index contributed by atoms with van der Waals surface area (Å²) in [6.45, 7) is 4.63. The van der Waals surface area contributed by atoms with Gasteiger partial charge in [0.05, 0.1) is 3.79 Å². The Hall–Kier alpha value is -0.640. The summed E-state index contributed by atoms with van der Waals surface area (Å²) in [5.74, 6) is 1.13. The van der Waals surface area contributed by atoms with Crippen LogP contribution in [0.5, 0.6) is 0 Å². The summed E-state index contributed by atoms with van der Waals surface area (Å²) in [4.78, 5) is 1.40. The predicted molar refractivity (Wildman–Crippen MR) is 92.5 cm³/mol. The molecule has 3 unspecified atom stereocenters. The van der Waals surface area contributed by atoms with Gasteiger partial charge in [0.2, 0.25) is 0 Å². The number of likely N-dealkylation sites (N-methyl/N-ethyl adjacent to an activating group) is 1. The number of hydrogen-bond donors (Lipinski definition) is 1. The van der Waals surface area contributed by atoms with Gasteiger partial charge in [-0.3, -0.25) is 0 Å². The Balaban J connectivity index is 2.39. The second-order valence-electron chi connectivity index (χ2n) is 5.23. The van der Waals surface area contributed by atoms with Gasteiger partial charge < -0.3 is 5.32 Å². The van der Waals surface area contributed by atoms with E-state index in [1.807, 2.05) is 11.3 Å². The highest BCUT2D eigenvalue weighted by Crippen LogP contribution is 2.41. The largest absolute Gasteiger partial charge is 0.312 e. The lowest BCUT2D eigenvalue weighted by molar-refractivity contribution is 0.358. The topological polar surface area (TPSA) is 12.0 Å².